The van der Waals surface area contributed by atoms with Gasteiger partial charge in [0.15, 0.2) is 0 Å². The fraction of sp³-hybridized carbons (Fsp3) is 0.353. The third kappa shape index (κ3) is 4.69. The van der Waals surface area contributed by atoms with Gasteiger partial charge in [-0.05, 0) is 35.9 Å². The molecule has 2 atom stereocenters. The van der Waals surface area contributed by atoms with Gasteiger partial charge in [-0.25, -0.2) is 0 Å². The van der Waals surface area contributed by atoms with Crippen LogP contribution in [0.15, 0.2) is 47.8 Å². The van der Waals surface area contributed by atoms with Crippen LogP contribution in [0.2, 0.25) is 0 Å². The molecule has 3 N–H and O–H groups in total. The van der Waals surface area contributed by atoms with E-state index in [0.29, 0.717) is 18.9 Å². The van der Waals surface area contributed by atoms with Gasteiger partial charge in [0, 0.05) is 11.3 Å². The largest absolute Gasteiger partial charge is 0.344 e. The van der Waals surface area contributed by atoms with Gasteiger partial charge in [-0.1, -0.05) is 43.3 Å². The second-order valence-electron chi connectivity index (χ2n) is 5.31. The summed E-state index contributed by atoms with van der Waals surface area (Å²) in [5, 5.41) is 5.18. The Labute approximate surface area is 130 Å². The highest BCUT2D eigenvalue weighted by Crippen LogP contribution is 2.26. The molecule has 0 aliphatic heterocycles. The maximum absolute atomic E-state index is 12.2. The molecule has 0 saturated carbocycles. The summed E-state index contributed by atoms with van der Waals surface area (Å²) >= 11 is 1.66. The van der Waals surface area contributed by atoms with Gasteiger partial charge in [0.2, 0.25) is 5.91 Å². The summed E-state index contributed by atoms with van der Waals surface area (Å²) in [4.78, 5) is 13.3. The first kappa shape index (κ1) is 15.7. The zero-order chi connectivity index (χ0) is 15.1. The SMILES string of the molecule is CC(CN)CCC(=O)NC(c1ccccc1)c1cccs1. The zero-order valence-electron chi connectivity index (χ0n) is 12.3. The monoisotopic (exact) mass is 302 g/mol. The van der Waals surface area contributed by atoms with E-state index in [1.807, 2.05) is 41.8 Å². The highest BCUT2D eigenvalue weighted by molar-refractivity contribution is 7.10. The topological polar surface area (TPSA) is 55.1 Å². The van der Waals surface area contributed by atoms with Gasteiger partial charge in [0.05, 0.1) is 6.04 Å². The summed E-state index contributed by atoms with van der Waals surface area (Å²) < 4.78 is 0. The number of nitrogens with two attached hydrogens (primary N) is 1. The van der Waals surface area contributed by atoms with E-state index in [4.69, 9.17) is 5.73 Å². The van der Waals surface area contributed by atoms with Gasteiger partial charge in [-0.2, -0.15) is 0 Å². The maximum Gasteiger partial charge on any atom is 0.220 e. The standard InChI is InChI=1S/C17H22N2OS/c1-13(12-18)9-10-16(20)19-17(15-8-5-11-21-15)14-6-3-2-4-7-14/h2-8,11,13,17H,9-10,12,18H2,1H3,(H,19,20). The fourth-order valence-corrected chi connectivity index (χ4v) is 2.95. The van der Waals surface area contributed by atoms with Crippen molar-refractivity contribution < 1.29 is 4.79 Å². The average molecular weight is 302 g/mol. The van der Waals surface area contributed by atoms with Crippen LogP contribution >= 0.6 is 11.3 Å². The highest BCUT2D eigenvalue weighted by Gasteiger charge is 2.17. The van der Waals surface area contributed by atoms with Crippen LogP contribution < -0.4 is 11.1 Å². The second kappa shape index (κ2) is 7.96. The number of amides is 1. The molecule has 2 aromatic rings. The Bertz CT molecular complexity index is 539. The van der Waals surface area contributed by atoms with Crippen molar-refractivity contribution in [3.63, 3.8) is 0 Å². The minimum atomic E-state index is -0.0631. The number of hydrogen-bond acceptors (Lipinski definition) is 3. The Morgan fingerprint density at radius 1 is 1.24 bits per heavy atom. The number of hydrogen-bond donors (Lipinski definition) is 2. The number of nitrogens with one attached hydrogen (secondary N) is 1. The predicted octanol–water partition coefficient (Wildman–Crippen LogP) is 3.33. The van der Waals surface area contributed by atoms with Crippen LogP contribution in [0, 0.1) is 5.92 Å². The van der Waals surface area contributed by atoms with Crippen molar-refractivity contribution in [2.75, 3.05) is 6.54 Å². The van der Waals surface area contributed by atoms with Crippen molar-refractivity contribution in [2.45, 2.75) is 25.8 Å². The quantitative estimate of drug-likeness (QED) is 0.824. The molecule has 112 valence electrons. The number of thiophene rings is 1. The Hall–Kier alpha value is -1.65. The van der Waals surface area contributed by atoms with Crippen molar-refractivity contribution in [1.82, 2.24) is 5.32 Å². The van der Waals surface area contributed by atoms with Crippen LogP contribution in [0.4, 0.5) is 0 Å². The first-order valence-corrected chi connectivity index (χ1v) is 8.16. The van der Waals surface area contributed by atoms with Crippen molar-refractivity contribution in [1.29, 1.82) is 0 Å². The van der Waals surface area contributed by atoms with Crippen LogP contribution in [-0.2, 0) is 4.79 Å². The molecular formula is C17H22N2OS. The summed E-state index contributed by atoms with van der Waals surface area (Å²) in [5.74, 6) is 0.463. The molecule has 0 fully saturated rings. The molecule has 0 saturated heterocycles. The summed E-state index contributed by atoms with van der Waals surface area (Å²) in [6, 6.07) is 14.1. The fourth-order valence-electron chi connectivity index (χ4n) is 2.15. The predicted molar refractivity (Wildman–Crippen MR) is 88.2 cm³/mol. The molecule has 3 nitrogen and oxygen atoms in total. The molecule has 1 aromatic carbocycles. The maximum atomic E-state index is 12.2. The van der Waals surface area contributed by atoms with E-state index in [0.717, 1.165) is 16.9 Å². The van der Waals surface area contributed by atoms with Crippen molar-refractivity contribution >= 4 is 17.2 Å². The van der Waals surface area contributed by atoms with Crippen LogP contribution in [-0.4, -0.2) is 12.5 Å². The molecule has 4 heteroatoms. The van der Waals surface area contributed by atoms with E-state index in [1.165, 1.54) is 0 Å². The molecule has 0 aliphatic carbocycles. The lowest BCUT2D eigenvalue weighted by Crippen LogP contribution is -2.29. The molecule has 1 heterocycles. The molecular weight excluding hydrogens is 280 g/mol. The Morgan fingerprint density at radius 3 is 2.62 bits per heavy atom. The molecule has 0 radical (unpaired) electrons. The lowest BCUT2D eigenvalue weighted by atomic mass is 10.0. The van der Waals surface area contributed by atoms with Gasteiger partial charge < -0.3 is 11.1 Å². The van der Waals surface area contributed by atoms with Crippen LogP contribution in [0.3, 0.4) is 0 Å². The smallest absolute Gasteiger partial charge is 0.220 e. The van der Waals surface area contributed by atoms with E-state index in [2.05, 4.69) is 18.3 Å². The van der Waals surface area contributed by atoms with Crippen molar-refractivity contribution in [3.05, 3.63) is 58.3 Å². The van der Waals surface area contributed by atoms with Crippen molar-refractivity contribution in [2.24, 2.45) is 11.7 Å². The Morgan fingerprint density at radius 2 is 2.00 bits per heavy atom. The molecule has 2 rings (SSSR count). The summed E-state index contributed by atoms with van der Waals surface area (Å²) in [5.41, 5.74) is 6.71. The van der Waals surface area contributed by atoms with Gasteiger partial charge in [-0.3, -0.25) is 4.79 Å². The zero-order valence-corrected chi connectivity index (χ0v) is 13.1. The summed E-state index contributed by atoms with van der Waals surface area (Å²) in [6.07, 6.45) is 1.35. The minimum Gasteiger partial charge on any atom is -0.344 e. The second-order valence-corrected chi connectivity index (χ2v) is 6.29. The van der Waals surface area contributed by atoms with Crippen LogP contribution in [0.25, 0.3) is 0 Å². The molecule has 0 bridgehead atoms. The molecule has 0 aliphatic rings. The lowest BCUT2D eigenvalue weighted by Gasteiger charge is -2.18. The lowest BCUT2D eigenvalue weighted by molar-refractivity contribution is -0.121. The molecule has 0 spiro atoms. The number of carbonyl (C=O) groups excluding carboxylic acids is 1. The average Bonchev–Trinajstić information content (AvgIpc) is 3.05. The van der Waals surface area contributed by atoms with E-state index < -0.39 is 0 Å². The third-order valence-corrected chi connectivity index (χ3v) is 4.47. The molecule has 2 unspecified atom stereocenters. The normalized spacial score (nSPS) is 13.6. The van der Waals surface area contributed by atoms with Crippen LogP contribution in [0.5, 0.6) is 0 Å². The third-order valence-electron chi connectivity index (χ3n) is 3.53. The first-order chi connectivity index (χ1) is 10.2. The molecule has 1 amide bonds. The van der Waals surface area contributed by atoms with Gasteiger partial charge in [0.25, 0.3) is 0 Å². The highest BCUT2D eigenvalue weighted by atomic mass is 32.1. The first-order valence-electron chi connectivity index (χ1n) is 7.28. The summed E-state index contributed by atoms with van der Waals surface area (Å²) in [7, 11) is 0. The number of benzene rings is 1. The minimum absolute atomic E-state index is 0.0631. The van der Waals surface area contributed by atoms with E-state index in [-0.39, 0.29) is 11.9 Å². The summed E-state index contributed by atoms with van der Waals surface area (Å²) in [6.45, 7) is 2.70. The molecule has 21 heavy (non-hydrogen) atoms. The van der Waals surface area contributed by atoms with E-state index >= 15 is 0 Å². The van der Waals surface area contributed by atoms with E-state index in [9.17, 15) is 4.79 Å². The Kier molecular flexibility index (Phi) is 5.96. The van der Waals surface area contributed by atoms with E-state index in [1.54, 1.807) is 11.3 Å². The van der Waals surface area contributed by atoms with Gasteiger partial charge >= 0.3 is 0 Å². The Balaban J connectivity index is 2.05. The van der Waals surface area contributed by atoms with Gasteiger partial charge in [0.1, 0.15) is 0 Å². The van der Waals surface area contributed by atoms with Crippen molar-refractivity contribution in [3.8, 4) is 0 Å². The number of carbonyl (C=O) groups is 1. The van der Waals surface area contributed by atoms with Gasteiger partial charge in [-0.15, -0.1) is 11.3 Å². The number of rotatable bonds is 7. The molecule has 1 aromatic heterocycles. The van der Waals surface area contributed by atoms with Crippen LogP contribution in [0.1, 0.15) is 36.2 Å².